The molecule has 0 bridgehead atoms. The molecule has 0 aliphatic rings. The molecule has 1 heterocycles. The monoisotopic (exact) mass is 231 g/mol. The number of nitrogens with zero attached hydrogens (tertiary/aromatic N) is 1. The van der Waals surface area contributed by atoms with Gasteiger partial charge >= 0.3 is 0 Å². The number of ether oxygens (including phenoxy) is 1. The van der Waals surface area contributed by atoms with Gasteiger partial charge in [0.1, 0.15) is 5.75 Å². The van der Waals surface area contributed by atoms with Crippen molar-refractivity contribution >= 4 is 0 Å². The maximum absolute atomic E-state index is 5.35. The molecule has 1 aromatic heterocycles. The Morgan fingerprint density at radius 1 is 1.24 bits per heavy atom. The number of oxazole rings is 1. The average Bonchev–Trinajstić information content (AvgIpc) is 2.80. The third-order valence-corrected chi connectivity index (χ3v) is 2.76. The molecule has 0 saturated carbocycles. The highest BCUT2D eigenvalue weighted by Gasteiger charge is 2.17. The number of hydrogen-bond acceptors (Lipinski definition) is 3. The summed E-state index contributed by atoms with van der Waals surface area (Å²) in [5.41, 5.74) is 2.28. The summed E-state index contributed by atoms with van der Waals surface area (Å²) >= 11 is 0. The van der Waals surface area contributed by atoms with Crippen molar-refractivity contribution in [1.82, 2.24) is 4.98 Å². The maximum Gasteiger partial charge on any atom is 0.181 e. The molecule has 0 saturated heterocycles. The number of hydrogen-bond donors (Lipinski definition) is 0. The molecule has 1 aromatic carbocycles. The molecule has 0 aliphatic heterocycles. The molecule has 0 N–H and O–H groups in total. The van der Waals surface area contributed by atoms with Crippen molar-refractivity contribution in [3.8, 4) is 17.1 Å². The highest BCUT2D eigenvalue weighted by atomic mass is 16.5. The Balaban J connectivity index is 2.55. The zero-order valence-corrected chi connectivity index (χ0v) is 10.7. The molecule has 90 valence electrons. The van der Waals surface area contributed by atoms with Crippen molar-refractivity contribution in [2.45, 2.75) is 26.2 Å². The van der Waals surface area contributed by atoms with Gasteiger partial charge in [-0.3, -0.25) is 0 Å². The van der Waals surface area contributed by atoms with Gasteiger partial charge < -0.3 is 9.15 Å². The first-order valence-corrected chi connectivity index (χ1v) is 5.60. The van der Waals surface area contributed by atoms with Crippen LogP contribution in [0, 0.1) is 0 Å². The summed E-state index contributed by atoms with van der Waals surface area (Å²) in [6.45, 7) is 6.54. The van der Waals surface area contributed by atoms with Gasteiger partial charge in [-0.05, 0) is 23.1 Å². The Bertz CT molecular complexity index is 495. The van der Waals surface area contributed by atoms with Gasteiger partial charge in [-0.15, -0.1) is 0 Å². The van der Waals surface area contributed by atoms with Gasteiger partial charge in [0.25, 0.3) is 0 Å². The first kappa shape index (κ1) is 11.7. The van der Waals surface area contributed by atoms with E-state index in [1.165, 1.54) is 12.0 Å². The third kappa shape index (κ3) is 2.33. The first-order chi connectivity index (χ1) is 8.02. The van der Waals surface area contributed by atoms with Crippen LogP contribution in [0.4, 0.5) is 0 Å². The molecule has 0 atom stereocenters. The van der Waals surface area contributed by atoms with Gasteiger partial charge in [-0.25, -0.2) is 4.98 Å². The standard InChI is InChI=1S/C14H17NO2/c1-14(2,3)10-5-6-12(16-4)11(7-10)13-8-15-9-17-13/h5-9H,1-4H3. The molecule has 0 unspecified atom stereocenters. The molecule has 0 aliphatic carbocycles. The van der Waals surface area contributed by atoms with Crippen LogP contribution in [-0.2, 0) is 5.41 Å². The molecule has 3 nitrogen and oxygen atoms in total. The molecular weight excluding hydrogens is 214 g/mol. The van der Waals surface area contributed by atoms with Crippen molar-refractivity contribution in [3.05, 3.63) is 36.4 Å². The van der Waals surface area contributed by atoms with E-state index in [2.05, 4.69) is 37.9 Å². The van der Waals surface area contributed by atoms with E-state index in [0.29, 0.717) is 0 Å². The van der Waals surface area contributed by atoms with Crippen LogP contribution in [0.3, 0.4) is 0 Å². The van der Waals surface area contributed by atoms with Crippen LogP contribution < -0.4 is 4.74 Å². The largest absolute Gasteiger partial charge is 0.496 e. The minimum Gasteiger partial charge on any atom is -0.496 e. The van der Waals surface area contributed by atoms with E-state index < -0.39 is 0 Å². The Morgan fingerprint density at radius 2 is 2.00 bits per heavy atom. The molecule has 3 heteroatoms. The van der Waals surface area contributed by atoms with Crippen LogP contribution in [-0.4, -0.2) is 12.1 Å². The second-order valence-corrected chi connectivity index (χ2v) is 5.03. The van der Waals surface area contributed by atoms with Gasteiger partial charge in [0.2, 0.25) is 0 Å². The molecule has 0 fully saturated rings. The molecule has 0 radical (unpaired) electrons. The molecule has 17 heavy (non-hydrogen) atoms. The predicted octanol–water partition coefficient (Wildman–Crippen LogP) is 3.65. The van der Waals surface area contributed by atoms with Gasteiger partial charge in [-0.1, -0.05) is 26.8 Å². The SMILES string of the molecule is COc1ccc(C(C)(C)C)cc1-c1cnco1. The van der Waals surface area contributed by atoms with E-state index >= 15 is 0 Å². The Labute approximate surface area is 101 Å². The van der Waals surface area contributed by atoms with Crippen LogP contribution in [0.1, 0.15) is 26.3 Å². The fourth-order valence-electron chi connectivity index (χ4n) is 1.72. The Kier molecular flexibility index (Phi) is 2.92. The van der Waals surface area contributed by atoms with Gasteiger partial charge in [0.15, 0.2) is 12.2 Å². The zero-order valence-electron chi connectivity index (χ0n) is 10.7. The second-order valence-electron chi connectivity index (χ2n) is 5.03. The van der Waals surface area contributed by atoms with Gasteiger partial charge in [-0.2, -0.15) is 0 Å². The third-order valence-electron chi connectivity index (χ3n) is 2.76. The number of benzene rings is 1. The number of rotatable bonds is 2. The summed E-state index contributed by atoms with van der Waals surface area (Å²) in [7, 11) is 1.66. The van der Waals surface area contributed by atoms with Crippen molar-refractivity contribution in [2.24, 2.45) is 0 Å². The summed E-state index contributed by atoms with van der Waals surface area (Å²) in [6, 6.07) is 6.15. The predicted molar refractivity (Wildman–Crippen MR) is 67.2 cm³/mol. The summed E-state index contributed by atoms with van der Waals surface area (Å²) in [6.07, 6.45) is 3.13. The van der Waals surface area contributed by atoms with Crippen LogP contribution in [0.15, 0.2) is 35.2 Å². The van der Waals surface area contributed by atoms with E-state index in [9.17, 15) is 0 Å². The first-order valence-electron chi connectivity index (χ1n) is 5.60. The van der Waals surface area contributed by atoms with Gasteiger partial charge in [0.05, 0.1) is 18.9 Å². The van der Waals surface area contributed by atoms with Crippen molar-refractivity contribution < 1.29 is 9.15 Å². The smallest absolute Gasteiger partial charge is 0.181 e. The number of aromatic nitrogens is 1. The minimum atomic E-state index is 0.0983. The fraction of sp³-hybridized carbons (Fsp3) is 0.357. The maximum atomic E-state index is 5.35. The highest BCUT2D eigenvalue weighted by molar-refractivity contribution is 5.66. The fourth-order valence-corrected chi connectivity index (χ4v) is 1.72. The highest BCUT2D eigenvalue weighted by Crippen LogP contribution is 2.34. The van der Waals surface area contributed by atoms with Crippen LogP contribution in [0.2, 0.25) is 0 Å². The molecular formula is C14H17NO2. The Hall–Kier alpha value is -1.77. The summed E-state index contributed by atoms with van der Waals surface area (Å²) < 4.78 is 10.7. The van der Waals surface area contributed by atoms with E-state index in [-0.39, 0.29) is 5.41 Å². The lowest BCUT2D eigenvalue weighted by Crippen LogP contribution is -2.11. The van der Waals surface area contributed by atoms with Crippen LogP contribution in [0.5, 0.6) is 5.75 Å². The summed E-state index contributed by atoms with van der Waals surface area (Å²) in [5.74, 6) is 1.53. The Morgan fingerprint density at radius 3 is 2.53 bits per heavy atom. The lowest BCUT2D eigenvalue weighted by atomic mass is 9.86. The zero-order chi connectivity index (χ0) is 12.5. The van der Waals surface area contributed by atoms with Crippen molar-refractivity contribution in [1.29, 1.82) is 0 Å². The second kappa shape index (κ2) is 4.24. The lowest BCUT2D eigenvalue weighted by molar-refractivity contribution is 0.414. The number of methoxy groups -OCH3 is 1. The van der Waals surface area contributed by atoms with E-state index in [4.69, 9.17) is 9.15 Å². The topological polar surface area (TPSA) is 35.3 Å². The van der Waals surface area contributed by atoms with Crippen molar-refractivity contribution in [2.75, 3.05) is 7.11 Å². The van der Waals surface area contributed by atoms with Gasteiger partial charge in [0, 0.05) is 0 Å². The van der Waals surface area contributed by atoms with Crippen LogP contribution in [0.25, 0.3) is 11.3 Å². The quantitative estimate of drug-likeness (QED) is 0.791. The summed E-state index contributed by atoms with van der Waals surface area (Å²) in [4.78, 5) is 3.94. The van der Waals surface area contributed by atoms with E-state index in [1.807, 2.05) is 6.07 Å². The molecule has 0 amide bonds. The molecule has 2 aromatic rings. The van der Waals surface area contributed by atoms with Crippen molar-refractivity contribution in [3.63, 3.8) is 0 Å². The molecule has 0 spiro atoms. The van der Waals surface area contributed by atoms with E-state index in [0.717, 1.165) is 17.1 Å². The average molecular weight is 231 g/mol. The minimum absolute atomic E-state index is 0.0983. The molecule has 2 rings (SSSR count). The van der Waals surface area contributed by atoms with Crippen LogP contribution >= 0.6 is 0 Å². The summed E-state index contributed by atoms with van der Waals surface area (Å²) in [5, 5.41) is 0. The van der Waals surface area contributed by atoms with E-state index in [1.54, 1.807) is 13.3 Å². The lowest BCUT2D eigenvalue weighted by Gasteiger charge is -2.20. The normalized spacial score (nSPS) is 11.5.